The molecule has 0 fully saturated rings. The zero-order valence-electron chi connectivity index (χ0n) is 11.6. The number of aromatic nitrogens is 2. The summed E-state index contributed by atoms with van der Waals surface area (Å²) in [5, 5.41) is 7.87. The molecule has 19 heavy (non-hydrogen) atoms. The van der Waals surface area contributed by atoms with Gasteiger partial charge in [0.25, 0.3) is 0 Å². The van der Waals surface area contributed by atoms with E-state index in [1.807, 2.05) is 42.8 Å². The van der Waals surface area contributed by atoms with E-state index in [9.17, 15) is 0 Å². The van der Waals surface area contributed by atoms with E-state index >= 15 is 0 Å². The average Bonchev–Trinajstić information content (AvgIpc) is 2.72. The molecule has 0 radical (unpaired) electrons. The average molecular weight is 260 g/mol. The summed E-state index contributed by atoms with van der Waals surface area (Å²) in [4.78, 5) is 0. The van der Waals surface area contributed by atoms with E-state index in [1.54, 1.807) is 7.11 Å². The Balaban J connectivity index is 2.33. The number of nitrogens with zero attached hydrogens (tertiary/aromatic N) is 2. The van der Waals surface area contributed by atoms with Gasteiger partial charge in [-0.1, -0.05) is 0 Å². The summed E-state index contributed by atoms with van der Waals surface area (Å²) in [6, 6.07) is 7.84. The van der Waals surface area contributed by atoms with Crippen molar-refractivity contribution in [1.29, 1.82) is 0 Å². The van der Waals surface area contributed by atoms with E-state index in [1.165, 1.54) is 0 Å². The van der Waals surface area contributed by atoms with Gasteiger partial charge in [-0.2, -0.15) is 5.10 Å². The fourth-order valence-corrected chi connectivity index (χ4v) is 2.07. The third kappa shape index (κ3) is 2.71. The lowest BCUT2D eigenvalue weighted by molar-refractivity contribution is 0.414. The molecule has 0 aliphatic rings. The van der Waals surface area contributed by atoms with Crippen LogP contribution in [0.3, 0.4) is 0 Å². The highest BCUT2D eigenvalue weighted by Gasteiger charge is 2.12. The summed E-state index contributed by atoms with van der Waals surface area (Å²) in [6.45, 7) is 5.39. The van der Waals surface area contributed by atoms with Crippen molar-refractivity contribution in [1.82, 2.24) is 9.78 Å². The fraction of sp³-hybridized carbons (Fsp3) is 0.357. The topological polar surface area (TPSA) is 65.1 Å². The Morgan fingerprint density at radius 2 is 1.95 bits per heavy atom. The van der Waals surface area contributed by atoms with Crippen molar-refractivity contribution in [2.24, 2.45) is 5.73 Å². The number of rotatable bonds is 5. The molecule has 2 aromatic rings. The number of hydrogen-bond donors (Lipinski definition) is 2. The van der Waals surface area contributed by atoms with Crippen molar-refractivity contribution < 1.29 is 4.74 Å². The van der Waals surface area contributed by atoms with Crippen molar-refractivity contribution >= 4 is 5.69 Å². The molecule has 0 saturated carbocycles. The molecule has 1 aromatic carbocycles. The van der Waals surface area contributed by atoms with E-state index in [4.69, 9.17) is 10.5 Å². The predicted molar refractivity (Wildman–Crippen MR) is 77.1 cm³/mol. The van der Waals surface area contributed by atoms with Crippen LogP contribution in [-0.4, -0.2) is 30.0 Å². The van der Waals surface area contributed by atoms with Gasteiger partial charge in [0.1, 0.15) is 5.75 Å². The molecule has 5 heteroatoms. The number of anilines is 1. The smallest absolute Gasteiger partial charge is 0.119 e. The standard InChI is InChI=1S/C14H20N4O/c1-10-14(16-9-8-15)11(2)18(17-10)12-4-6-13(19-3)7-5-12/h4-7,16H,8-9,15H2,1-3H3. The van der Waals surface area contributed by atoms with Gasteiger partial charge in [-0.3, -0.25) is 0 Å². The molecule has 0 atom stereocenters. The van der Waals surface area contributed by atoms with Crippen LogP contribution in [0.4, 0.5) is 5.69 Å². The third-order valence-corrected chi connectivity index (χ3v) is 3.05. The lowest BCUT2D eigenvalue weighted by atomic mass is 10.2. The van der Waals surface area contributed by atoms with E-state index in [0.717, 1.165) is 35.1 Å². The maximum Gasteiger partial charge on any atom is 0.119 e. The van der Waals surface area contributed by atoms with Gasteiger partial charge in [-0.05, 0) is 38.1 Å². The molecule has 0 unspecified atom stereocenters. The van der Waals surface area contributed by atoms with Crippen molar-refractivity contribution in [3.8, 4) is 11.4 Å². The van der Waals surface area contributed by atoms with Crippen LogP contribution < -0.4 is 15.8 Å². The van der Waals surface area contributed by atoms with Crippen LogP contribution in [0.15, 0.2) is 24.3 Å². The molecule has 0 spiro atoms. The lowest BCUT2D eigenvalue weighted by Gasteiger charge is -2.07. The van der Waals surface area contributed by atoms with Crippen LogP contribution in [0.1, 0.15) is 11.4 Å². The van der Waals surface area contributed by atoms with Crippen molar-refractivity contribution in [3.63, 3.8) is 0 Å². The van der Waals surface area contributed by atoms with Crippen LogP contribution in [-0.2, 0) is 0 Å². The summed E-state index contributed by atoms with van der Waals surface area (Å²) in [5.41, 5.74) is 9.65. The molecule has 3 N–H and O–H groups in total. The number of aryl methyl sites for hydroxylation is 1. The second-order valence-corrected chi connectivity index (χ2v) is 4.37. The van der Waals surface area contributed by atoms with Crippen molar-refractivity contribution in [2.75, 3.05) is 25.5 Å². The SMILES string of the molecule is COc1ccc(-n2nc(C)c(NCCN)c2C)cc1. The first-order valence-electron chi connectivity index (χ1n) is 6.32. The molecule has 0 saturated heterocycles. The maximum absolute atomic E-state index is 5.52. The van der Waals surface area contributed by atoms with Crippen molar-refractivity contribution in [2.45, 2.75) is 13.8 Å². The minimum absolute atomic E-state index is 0.604. The van der Waals surface area contributed by atoms with Crippen LogP contribution in [0.25, 0.3) is 5.69 Å². The number of methoxy groups -OCH3 is 1. The van der Waals surface area contributed by atoms with Crippen LogP contribution >= 0.6 is 0 Å². The first-order valence-corrected chi connectivity index (χ1v) is 6.32. The van der Waals surface area contributed by atoms with Crippen molar-refractivity contribution in [3.05, 3.63) is 35.7 Å². The molecule has 0 aliphatic heterocycles. The second kappa shape index (κ2) is 5.75. The quantitative estimate of drug-likeness (QED) is 0.861. The Morgan fingerprint density at radius 3 is 2.53 bits per heavy atom. The molecule has 5 nitrogen and oxygen atoms in total. The number of nitrogens with two attached hydrogens (primary N) is 1. The highest BCUT2D eigenvalue weighted by molar-refractivity contribution is 5.55. The number of hydrogen-bond acceptors (Lipinski definition) is 4. The molecular weight excluding hydrogens is 240 g/mol. The highest BCUT2D eigenvalue weighted by Crippen LogP contribution is 2.23. The van der Waals surface area contributed by atoms with Crippen LogP contribution in [0, 0.1) is 13.8 Å². The van der Waals surface area contributed by atoms with Gasteiger partial charge < -0.3 is 15.8 Å². The van der Waals surface area contributed by atoms with Gasteiger partial charge in [0.15, 0.2) is 0 Å². The van der Waals surface area contributed by atoms with Gasteiger partial charge in [0.05, 0.1) is 29.9 Å². The van der Waals surface area contributed by atoms with E-state index in [-0.39, 0.29) is 0 Å². The number of nitrogens with one attached hydrogen (secondary N) is 1. The molecule has 0 bridgehead atoms. The monoisotopic (exact) mass is 260 g/mol. The van der Waals surface area contributed by atoms with E-state index < -0.39 is 0 Å². The second-order valence-electron chi connectivity index (χ2n) is 4.37. The van der Waals surface area contributed by atoms with Gasteiger partial charge in [-0.25, -0.2) is 4.68 Å². The summed E-state index contributed by atoms with van der Waals surface area (Å²) in [7, 11) is 1.66. The first-order chi connectivity index (χ1) is 9.17. The van der Waals surface area contributed by atoms with Gasteiger partial charge >= 0.3 is 0 Å². The molecule has 2 rings (SSSR count). The minimum Gasteiger partial charge on any atom is -0.497 e. The Hall–Kier alpha value is -2.01. The predicted octanol–water partition coefficient (Wildman–Crippen LogP) is 1.87. The summed E-state index contributed by atoms with van der Waals surface area (Å²) in [6.07, 6.45) is 0. The lowest BCUT2D eigenvalue weighted by Crippen LogP contribution is -2.14. The molecule has 102 valence electrons. The van der Waals surface area contributed by atoms with Gasteiger partial charge in [0.2, 0.25) is 0 Å². The summed E-state index contributed by atoms with van der Waals surface area (Å²) >= 11 is 0. The molecule has 0 aliphatic carbocycles. The summed E-state index contributed by atoms with van der Waals surface area (Å²) < 4.78 is 7.09. The van der Waals surface area contributed by atoms with Crippen LogP contribution in [0.5, 0.6) is 5.75 Å². The molecule has 1 heterocycles. The van der Waals surface area contributed by atoms with Gasteiger partial charge in [-0.15, -0.1) is 0 Å². The Labute approximate surface area is 113 Å². The van der Waals surface area contributed by atoms with E-state index in [0.29, 0.717) is 6.54 Å². The zero-order chi connectivity index (χ0) is 13.8. The first kappa shape index (κ1) is 13.4. The normalized spacial score (nSPS) is 10.5. The minimum atomic E-state index is 0.604. The number of ether oxygens (including phenoxy) is 1. The maximum atomic E-state index is 5.52. The Bertz CT molecular complexity index is 545. The molecular formula is C14H20N4O. The third-order valence-electron chi connectivity index (χ3n) is 3.05. The zero-order valence-corrected chi connectivity index (χ0v) is 11.6. The van der Waals surface area contributed by atoms with E-state index in [2.05, 4.69) is 10.4 Å². The summed E-state index contributed by atoms with van der Waals surface area (Å²) in [5.74, 6) is 0.840. The van der Waals surface area contributed by atoms with Crippen LogP contribution in [0.2, 0.25) is 0 Å². The molecule has 0 amide bonds. The highest BCUT2D eigenvalue weighted by atomic mass is 16.5. The Kier molecular flexibility index (Phi) is 4.06. The van der Waals surface area contributed by atoms with Gasteiger partial charge in [0, 0.05) is 13.1 Å². The largest absolute Gasteiger partial charge is 0.497 e. The number of benzene rings is 1. The molecule has 1 aromatic heterocycles. The Morgan fingerprint density at radius 1 is 1.26 bits per heavy atom. The fourth-order valence-electron chi connectivity index (χ4n) is 2.07.